The molecular formula is C9H18O4. The van der Waals surface area contributed by atoms with Gasteiger partial charge in [-0.2, -0.15) is 0 Å². The lowest BCUT2D eigenvalue weighted by molar-refractivity contribution is -0.161. The van der Waals surface area contributed by atoms with E-state index in [0.29, 0.717) is 0 Å². The fraction of sp³-hybridized carbons (Fsp3) is 0.889. The van der Waals surface area contributed by atoms with Crippen molar-refractivity contribution in [1.82, 2.24) is 0 Å². The molecule has 0 aromatic heterocycles. The normalized spacial score (nSPS) is 18.3. The minimum absolute atomic E-state index is 0.0398. The first-order valence-electron chi connectivity index (χ1n) is 4.30. The van der Waals surface area contributed by atoms with Crippen LogP contribution in [0.3, 0.4) is 0 Å². The third-order valence-electron chi connectivity index (χ3n) is 2.50. The third kappa shape index (κ3) is 2.67. The zero-order valence-corrected chi connectivity index (χ0v) is 8.57. The summed E-state index contributed by atoms with van der Waals surface area (Å²) in [6, 6.07) is 0. The van der Waals surface area contributed by atoms with Gasteiger partial charge in [-0.15, -0.1) is 0 Å². The zero-order valence-electron chi connectivity index (χ0n) is 8.57. The Kier molecular flexibility index (Phi) is 4.36. The summed E-state index contributed by atoms with van der Waals surface area (Å²) >= 11 is 0. The molecule has 0 aliphatic carbocycles. The predicted molar refractivity (Wildman–Crippen MR) is 48.5 cm³/mol. The van der Waals surface area contributed by atoms with Crippen LogP contribution in [-0.4, -0.2) is 35.5 Å². The van der Waals surface area contributed by atoms with E-state index in [-0.39, 0.29) is 12.5 Å². The highest BCUT2D eigenvalue weighted by atomic mass is 16.5. The highest BCUT2D eigenvalue weighted by molar-refractivity contribution is 5.71. The van der Waals surface area contributed by atoms with Gasteiger partial charge in [0.25, 0.3) is 0 Å². The quantitative estimate of drug-likeness (QED) is 0.671. The van der Waals surface area contributed by atoms with Gasteiger partial charge in [0.2, 0.25) is 0 Å². The molecule has 78 valence electrons. The smallest absolute Gasteiger partial charge is 0.309 e. The van der Waals surface area contributed by atoms with Crippen LogP contribution >= 0.6 is 0 Å². The molecule has 2 unspecified atom stereocenters. The van der Waals surface area contributed by atoms with Gasteiger partial charge in [-0.1, -0.05) is 13.8 Å². The van der Waals surface area contributed by atoms with E-state index in [2.05, 4.69) is 0 Å². The second kappa shape index (κ2) is 4.58. The van der Waals surface area contributed by atoms with Crippen LogP contribution in [0, 0.1) is 11.8 Å². The maximum absolute atomic E-state index is 10.7. The molecule has 0 fully saturated rings. The minimum atomic E-state index is -1.29. The second-order valence-corrected chi connectivity index (χ2v) is 3.64. The topological polar surface area (TPSA) is 66.8 Å². The molecule has 4 nitrogen and oxygen atoms in total. The van der Waals surface area contributed by atoms with E-state index < -0.39 is 17.5 Å². The summed E-state index contributed by atoms with van der Waals surface area (Å²) in [7, 11) is 1.45. The Bertz CT molecular complexity index is 178. The van der Waals surface area contributed by atoms with Crippen LogP contribution in [0.5, 0.6) is 0 Å². The van der Waals surface area contributed by atoms with Crippen molar-refractivity contribution in [2.24, 2.45) is 11.8 Å². The fourth-order valence-electron chi connectivity index (χ4n) is 1.24. The molecule has 0 aliphatic rings. The summed E-state index contributed by atoms with van der Waals surface area (Å²) in [5.41, 5.74) is -1.29. The number of ether oxygens (including phenoxy) is 1. The molecule has 0 heterocycles. The molecular weight excluding hydrogens is 172 g/mol. The molecule has 0 aliphatic heterocycles. The van der Waals surface area contributed by atoms with Crippen molar-refractivity contribution in [2.75, 3.05) is 13.7 Å². The molecule has 0 amide bonds. The van der Waals surface area contributed by atoms with Gasteiger partial charge in [-0.25, -0.2) is 0 Å². The standard InChI is InChI=1S/C9H18O4/c1-6(2)9(12,5-13-4)7(3)8(10)11/h6-7,12H,5H2,1-4H3,(H,10,11). The molecule has 0 saturated heterocycles. The van der Waals surface area contributed by atoms with Crippen molar-refractivity contribution >= 4 is 5.97 Å². The van der Waals surface area contributed by atoms with Crippen LogP contribution in [0.1, 0.15) is 20.8 Å². The minimum Gasteiger partial charge on any atom is -0.481 e. The van der Waals surface area contributed by atoms with E-state index in [1.807, 2.05) is 0 Å². The van der Waals surface area contributed by atoms with Gasteiger partial charge in [-0.05, 0) is 12.8 Å². The first kappa shape index (κ1) is 12.4. The van der Waals surface area contributed by atoms with Crippen molar-refractivity contribution < 1.29 is 19.7 Å². The van der Waals surface area contributed by atoms with Crippen molar-refractivity contribution in [2.45, 2.75) is 26.4 Å². The molecule has 4 heteroatoms. The van der Waals surface area contributed by atoms with Crippen LogP contribution in [-0.2, 0) is 9.53 Å². The Hall–Kier alpha value is -0.610. The number of hydrogen-bond acceptors (Lipinski definition) is 3. The Morgan fingerprint density at radius 3 is 2.15 bits per heavy atom. The number of carbonyl (C=O) groups is 1. The predicted octanol–water partition coefficient (Wildman–Crippen LogP) is 0.741. The zero-order chi connectivity index (χ0) is 10.6. The molecule has 13 heavy (non-hydrogen) atoms. The van der Waals surface area contributed by atoms with Crippen molar-refractivity contribution in [3.05, 3.63) is 0 Å². The van der Waals surface area contributed by atoms with Gasteiger partial charge < -0.3 is 14.9 Å². The van der Waals surface area contributed by atoms with E-state index in [1.165, 1.54) is 14.0 Å². The largest absolute Gasteiger partial charge is 0.481 e. The van der Waals surface area contributed by atoms with Crippen molar-refractivity contribution in [3.8, 4) is 0 Å². The summed E-state index contributed by atoms with van der Waals surface area (Å²) in [5.74, 6) is -1.99. The molecule has 0 radical (unpaired) electrons. The van der Waals surface area contributed by atoms with Gasteiger partial charge in [0.05, 0.1) is 12.5 Å². The molecule has 0 aromatic carbocycles. The van der Waals surface area contributed by atoms with Crippen LogP contribution < -0.4 is 0 Å². The Balaban J connectivity index is 4.67. The summed E-state index contributed by atoms with van der Waals surface area (Å²) in [6.07, 6.45) is 0. The summed E-state index contributed by atoms with van der Waals surface area (Å²) in [4.78, 5) is 10.7. The summed E-state index contributed by atoms with van der Waals surface area (Å²) in [5, 5.41) is 18.8. The molecule has 2 N–H and O–H groups in total. The monoisotopic (exact) mass is 190 g/mol. The van der Waals surface area contributed by atoms with Crippen molar-refractivity contribution in [3.63, 3.8) is 0 Å². The SMILES string of the molecule is COCC(O)(C(C)C)C(C)C(=O)O. The van der Waals surface area contributed by atoms with Gasteiger partial charge >= 0.3 is 5.97 Å². The number of carboxylic acid groups (broad SMARTS) is 1. The number of rotatable bonds is 5. The van der Waals surface area contributed by atoms with E-state index in [0.717, 1.165) is 0 Å². The lowest BCUT2D eigenvalue weighted by Gasteiger charge is -2.34. The summed E-state index contributed by atoms with van der Waals surface area (Å²) < 4.78 is 4.83. The van der Waals surface area contributed by atoms with Gasteiger partial charge in [0, 0.05) is 7.11 Å². The van der Waals surface area contributed by atoms with Crippen LogP contribution in [0.2, 0.25) is 0 Å². The maximum atomic E-state index is 10.7. The van der Waals surface area contributed by atoms with Gasteiger partial charge in [0.1, 0.15) is 5.60 Å². The number of methoxy groups -OCH3 is 1. The molecule has 2 atom stereocenters. The number of aliphatic hydroxyl groups is 1. The van der Waals surface area contributed by atoms with E-state index in [4.69, 9.17) is 9.84 Å². The molecule has 0 rings (SSSR count). The average Bonchev–Trinajstić information content (AvgIpc) is 2.02. The Labute approximate surface area is 78.5 Å². The second-order valence-electron chi connectivity index (χ2n) is 3.64. The summed E-state index contributed by atoms with van der Waals surface area (Å²) in [6.45, 7) is 5.08. The van der Waals surface area contributed by atoms with Gasteiger partial charge in [0.15, 0.2) is 0 Å². The first-order valence-corrected chi connectivity index (χ1v) is 4.30. The molecule has 0 bridgehead atoms. The highest BCUT2D eigenvalue weighted by Gasteiger charge is 2.41. The van der Waals surface area contributed by atoms with Crippen LogP contribution in [0.15, 0.2) is 0 Å². The number of carboxylic acids is 1. The average molecular weight is 190 g/mol. The molecule has 0 aromatic rings. The lowest BCUT2D eigenvalue weighted by atomic mass is 9.80. The van der Waals surface area contributed by atoms with E-state index >= 15 is 0 Å². The van der Waals surface area contributed by atoms with Crippen LogP contribution in [0.4, 0.5) is 0 Å². The number of aliphatic carboxylic acids is 1. The third-order valence-corrected chi connectivity index (χ3v) is 2.50. The lowest BCUT2D eigenvalue weighted by Crippen LogP contribution is -2.49. The first-order chi connectivity index (χ1) is 5.86. The Morgan fingerprint density at radius 1 is 1.46 bits per heavy atom. The highest BCUT2D eigenvalue weighted by Crippen LogP contribution is 2.26. The number of hydrogen-bond donors (Lipinski definition) is 2. The Morgan fingerprint density at radius 2 is 1.92 bits per heavy atom. The molecule has 0 spiro atoms. The maximum Gasteiger partial charge on any atom is 0.309 e. The molecule has 0 saturated carbocycles. The van der Waals surface area contributed by atoms with Crippen LogP contribution in [0.25, 0.3) is 0 Å². The van der Waals surface area contributed by atoms with E-state index in [1.54, 1.807) is 13.8 Å². The van der Waals surface area contributed by atoms with Gasteiger partial charge in [-0.3, -0.25) is 4.79 Å². The van der Waals surface area contributed by atoms with Crippen molar-refractivity contribution in [1.29, 1.82) is 0 Å². The van der Waals surface area contributed by atoms with E-state index in [9.17, 15) is 9.90 Å². The fourth-order valence-corrected chi connectivity index (χ4v) is 1.24.